The summed E-state index contributed by atoms with van der Waals surface area (Å²) in [7, 11) is 1.84. The van der Waals surface area contributed by atoms with Gasteiger partial charge in [0.2, 0.25) is 5.88 Å². The first kappa shape index (κ1) is 16.3. The summed E-state index contributed by atoms with van der Waals surface area (Å²) >= 11 is 6.08. The Kier molecular flexibility index (Phi) is 4.37. The zero-order valence-corrected chi connectivity index (χ0v) is 14.8. The molecule has 1 aromatic carbocycles. The Morgan fingerprint density at radius 2 is 1.73 bits per heavy atom. The van der Waals surface area contributed by atoms with Gasteiger partial charge in [-0.25, -0.2) is 9.67 Å². The predicted octanol–water partition coefficient (Wildman–Crippen LogP) is 4.99. The molecule has 0 saturated heterocycles. The lowest BCUT2D eigenvalue weighted by Gasteiger charge is -2.10. The highest BCUT2D eigenvalue weighted by Crippen LogP contribution is 2.34. The maximum Gasteiger partial charge on any atom is 0.218 e. The van der Waals surface area contributed by atoms with Crippen LogP contribution in [0.1, 0.15) is 0 Å². The molecule has 0 amide bonds. The molecule has 0 aliphatic rings. The molecule has 26 heavy (non-hydrogen) atoms. The second kappa shape index (κ2) is 6.98. The quantitative estimate of drug-likeness (QED) is 0.480. The minimum atomic E-state index is 0.352. The number of halogens is 1. The van der Waals surface area contributed by atoms with Gasteiger partial charge < -0.3 is 4.74 Å². The molecule has 0 radical (unpaired) electrons. The van der Waals surface area contributed by atoms with Crippen LogP contribution in [-0.4, -0.2) is 19.7 Å². The second-order valence-corrected chi connectivity index (χ2v) is 6.06. The summed E-state index contributed by atoms with van der Waals surface area (Å²) in [5.41, 5.74) is 3.38. The maximum absolute atomic E-state index is 6.11. The fraction of sp³-hybridized carbons (Fsp3) is 0.0500. The molecule has 0 unspecified atom stereocenters. The fourth-order valence-corrected chi connectivity index (χ4v) is 2.77. The van der Waals surface area contributed by atoms with Crippen molar-refractivity contribution in [2.45, 2.75) is 0 Å². The number of rotatable bonds is 4. The van der Waals surface area contributed by atoms with Crippen molar-refractivity contribution in [2.24, 2.45) is 7.05 Å². The highest BCUT2D eigenvalue weighted by atomic mass is 35.5. The van der Waals surface area contributed by atoms with E-state index < -0.39 is 0 Å². The Bertz CT molecular complexity index is 1030. The van der Waals surface area contributed by atoms with E-state index in [9.17, 15) is 0 Å². The average molecular weight is 363 g/mol. The average Bonchev–Trinajstić information content (AvgIpc) is 3.04. The van der Waals surface area contributed by atoms with Crippen LogP contribution in [0.25, 0.3) is 22.5 Å². The SMILES string of the molecule is Cn1nc(-c2ccccc2)cc1Oc1cc(Cl)ncc1-c1ccccn1. The van der Waals surface area contributed by atoms with Crippen molar-refractivity contribution in [3.05, 3.63) is 78.2 Å². The lowest BCUT2D eigenvalue weighted by molar-refractivity contribution is 0.431. The van der Waals surface area contributed by atoms with Crippen molar-refractivity contribution in [2.75, 3.05) is 0 Å². The van der Waals surface area contributed by atoms with E-state index in [-0.39, 0.29) is 0 Å². The molecule has 3 heterocycles. The van der Waals surface area contributed by atoms with E-state index in [1.165, 1.54) is 0 Å². The van der Waals surface area contributed by atoms with Gasteiger partial charge in [0.05, 0.1) is 17.0 Å². The molecule has 0 atom stereocenters. The molecule has 6 heteroatoms. The fourth-order valence-electron chi connectivity index (χ4n) is 2.62. The number of hydrogen-bond donors (Lipinski definition) is 0. The van der Waals surface area contributed by atoms with Crippen LogP contribution in [0.3, 0.4) is 0 Å². The van der Waals surface area contributed by atoms with Gasteiger partial charge in [0, 0.05) is 37.1 Å². The molecule has 0 saturated carbocycles. The largest absolute Gasteiger partial charge is 0.438 e. The van der Waals surface area contributed by atoms with Crippen LogP contribution in [0.5, 0.6) is 11.6 Å². The minimum absolute atomic E-state index is 0.352. The van der Waals surface area contributed by atoms with E-state index in [4.69, 9.17) is 16.3 Å². The third kappa shape index (κ3) is 3.30. The number of ether oxygens (including phenoxy) is 1. The third-order valence-electron chi connectivity index (χ3n) is 3.89. The molecule has 0 N–H and O–H groups in total. The van der Waals surface area contributed by atoms with Gasteiger partial charge in [0.25, 0.3) is 0 Å². The van der Waals surface area contributed by atoms with E-state index in [1.54, 1.807) is 23.1 Å². The van der Waals surface area contributed by atoms with Crippen molar-refractivity contribution in [1.82, 2.24) is 19.7 Å². The molecule has 5 nitrogen and oxygen atoms in total. The molecule has 0 aliphatic heterocycles. The van der Waals surface area contributed by atoms with E-state index in [1.807, 2.05) is 61.6 Å². The summed E-state index contributed by atoms with van der Waals surface area (Å²) in [4.78, 5) is 8.53. The standard InChI is InChI=1S/C20H15ClN4O/c1-25-20(11-17(24-25)14-7-3-2-4-8-14)26-18-12-19(21)23-13-15(18)16-9-5-6-10-22-16/h2-13H,1H3. The molecule has 0 bridgehead atoms. The van der Waals surface area contributed by atoms with Gasteiger partial charge in [0.1, 0.15) is 10.9 Å². The number of aromatic nitrogens is 4. The van der Waals surface area contributed by atoms with Gasteiger partial charge in [-0.05, 0) is 12.1 Å². The van der Waals surface area contributed by atoms with Crippen LogP contribution >= 0.6 is 11.6 Å². The summed E-state index contributed by atoms with van der Waals surface area (Å²) in [6.45, 7) is 0. The first-order valence-corrected chi connectivity index (χ1v) is 8.43. The molecule has 0 aliphatic carbocycles. The number of nitrogens with zero attached hydrogens (tertiary/aromatic N) is 4. The molecule has 4 rings (SSSR count). The van der Waals surface area contributed by atoms with Crippen molar-refractivity contribution in [1.29, 1.82) is 0 Å². The first-order valence-electron chi connectivity index (χ1n) is 8.05. The van der Waals surface area contributed by atoms with Gasteiger partial charge in [0.15, 0.2) is 0 Å². The molecule has 128 valence electrons. The zero-order valence-electron chi connectivity index (χ0n) is 14.0. The van der Waals surface area contributed by atoms with E-state index in [2.05, 4.69) is 15.1 Å². The molecule has 4 aromatic rings. The Morgan fingerprint density at radius 3 is 2.50 bits per heavy atom. The molecule has 3 aromatic heterocycles. The monoisotopic (exact) mass is 362 g/mol. The third-order valence-corrected chi connectivity index (χ3v) is 4.10. The van der Waals surface area contributed by atoms with E-state index >= 15 is 0 Å². The first-order chi connectivity index (χ1) is 12.7. The highest BCUT2D eigenvalue weighted by Gasteiger charge is 2.14. The predicted molar refractivity (Wildman–Crippen MR) is 101 cm³/mol. The van der Waals surface area contributed by atoms with Gasteiger partial charge in [-0.1, -0.05) is 48.0 Å². The van der Waals surface area contributed by atoms with E-state index in [0.29, 0.717) is 16.8 Å². The summed E-state index contributed by atoms with van der Waals surface area (Å²) < 4.78 is 7.81. The minimum Gasteiger partial charge on any atom is -0.438 e. The molecular formula is C20H15ClN4O. The maximum atomic E-state index is 6.11. The Balaban J connectivity index is 1.72. The van der Waals surface area contributed by atoms with Crippen LogP contribution in [0.2, 0.25) is 5.15 Å². The number of pyridine rings is 2. The van der Waals surface area contributed by atoms with Gasteiger partial charge in [-0.3, -0.25) is 4.98 Å². The van der Waals surface area contributed by atoms with Gasteiger partial charge in [-0.2, -0.15) is 5.10 Å². The molecule has 0 fully saturated rings. The highest BCUT2D eigenvalue weighted by molar-refractivity contribution is 6.29. The zero-order chi connectivity index (χ0) is 17.9. The van der Waals surface area contributed by atoms with Crippen LogP contribution in [0.4, 0.5) is 0 Å². The number of hydrogen-bond acceptors (Lipinski definition) is 4. The van der Waals surface area contributed by atoms with Crippen LogP contribution in [0, 0.1) is 0 Å². The Hall–Kier alpha value is -3.18. The van der Waals surface area contributed by atoms with Crippen molar-refractivity contribution < 1.29 is 4.74 Å². The smallest absolute Gasteiger partial charge is 0.218 e. The summed E-state index contributed by atoms with van der Waals surface area (Å²) in [5, 5.41) is 4.88. The molecular weight excluding hydrogens is 348 g/mol. The van der Waals surface area contributed by atoms with Crippen molar-refractivity contribution in [3.63, 3.8) is 0 Å². The summed E-state index contributed by atoms with van der Waals surface area (Å²) in [6.07, 6.45) is 3.39. The van der Waals surface area contributed by atoms with Crippen LogP contribution in [-0.2, 0) is 7.05 Å². The summed E-state index contributed by atoms with van der Waals surface area (Å²) in [6, 6.07) is 19.2. The second-order valence-electron chi connectivity index (χ2n) is 5.68. The number of aryl methyl sites for hydroxylation is 1. The van der Waals surface area contributed by atoms with Gasteiger partial charge in [-0.15, -0.1) is 0 Å². The normalized spacial score (nSPS) is 10.7. The van der Waals surface area contributed by atoms with Crippen LogP contribution in [0.15, 0.2) is 73.1 Å². The van der Waals surface area contributed by atoms with E-state index in [0.717, 1.165) is 22.5 Å². The van der Waals surface area contributed by atoms with Crippen molar-refractivity contribution >= 4 is 11.6 Å². The van der Waals surface area contributed by atoms with Crippen LogP contribution < -0.4 is 4.74 Å². The molecule has 0 spiro atoms. The van der Waals surface area contributed by atoms with Crippen molar-refractivity contribution in [3.8, 4) is 34.1 Å². The van der Waals surface area contributed by atoms with Gasteiger partial charge >= 0.3 is 0 Å². The lowest BCUT2D eigenvalue weighted by Crippen LogP contribution is -1.97. The topological polar surface area (TPSA) is 52.8 Å². The summed E-state index contributed by atoms with van der Waals surface area (Å²) in [5.74, 6) is 1.18. The lowest BCUT2D eigenvalue weighted by atomic mass is 10.1. The Labute approximate surface area is 155 Å². The Morgan fingerprint density at radius 1 is 0.923 bits per heavy atom. The number of benzene rings is 1.